The Labute approximate surface area is 132 Å². The summed E-state index contributed by atoms with van der Waals surface area (Å²) >= 11 is 5.89. The van der Waals surface area contributed by atoms with Gasteiger partial charge in [0.15, 0.2) is 5.65 Å². The van der Waals surface area contributed by atoms with Crippen molar-refractivity contribution in [2.75, 3.05) is 17.7 Å². The van der Waals surface area contributed by atoms with Crippen LogP contribution in [0, 0.1) is 0 Å². The molecule has 112 valence electrons. The van der Waals surface area contributed by atoms with Crippen LogP contribution in [0.3, 0.4) is 0 Å². The molecule has 0 saturated heterocycles. The number of rotatable bonds is 4. The van der Waals surface area contributed by atoms with Crippen molar-refractivity contribution in [1.82, 2.24) is 15.0 Å². The van der Waals surface area contributed by atoms with E-state index in [0.29, 0.717) is 22.3 Å². The molecule has 22 heavy (non-hydrogen) atoms. The van der Waals surface area contributed by atoms with Crippen LogP contribution in [-0.4, -0.2) is 26.7 Å². The average molecular weight is 316 g/mol. The molecule has 4 N–H and O–H groups in total. The Hall–Kier alpha value is -2.44. The number of aliphatic hydroxyl groups excluding tert-OH is 1. The number of aromatic nitrogens is 3. The number of aliphatic hydroxyl groups is 1. The van der Waals surface area contributed by atoms with Gasteiger partial charge in [-0.3, -0.25) is 0 Å². The van der Waals surface area contributed by atoms with Crippen LogP contribution < -0.4 is 11.1 Å². The van der Waals surface area contributed by atoms with Crippen molar-refractivity contribution in [3.05, 3.63) is 53.3 Å². The summed E-state index contributed by atoms with van der Waals surface area (Å²) in [7, 11) is 0. The average Bonchev–Trinajstić information content (AvgIpc) is 2.53. The third kappa shape index (κ3) is 2.93. The summed E-state index contributed by atoms with van der Waals surface area (Å²) in [4.78, 5) is 12.5. The molecule has 1 aromatic carbocycles. The first-order chi connectivity index (χ1) is 10.7. The van der Waals surface area contributed by atoms with E-state index < -0.39 is 0 Å². The number of nitrogens with one attached hydrogen (secondary N) is 1. The summed E-state index contributed by atoms with van der Waals surface area (Å²) in [5.74, 6) is 0.986. The van der Waals surface area contributed by atoms with Gasteiger partial charge in [-0.25, -0.2) is 15.0 Å². The zero-order chi connectivity index (χ0) is 15.5. The lowest BCUT2D eigenvalue weighted by atomic mass is 10.1. The fraction of sp³-hybridized carbons (Fsp3) is 0.133. The molecule has 2 aromatic heterocycles. The van der Waals surface area contributed by atoms with Crippen LogP contribution in [0.4, 0.5) is 11.6 Å². The number of nitrogens with zero attached hydrogens (tertiary/aromatic N) is 3. The van der Waals surface area contributed by atoms with Crippen molar-refractivity contribution < 1.29 is 5.11 Å². The number of benzene rings is 1. The largest absolute Gasteiger partial charge is 0.394 e. The Morgan fingerprint density at radius 2 is 1.91 bits per heavy atom. The molecule has 0 saturated carbocycles. The molecular formula is C15H14ClN5O. The van der Waals surface area contributed by atoms with E-state index in [1.807, 2.05) is 12.1 Å². The van der Waals surface area contributed by atoms with Crippen LogP contribution in [0.1, 0.15) is 11.6 Å². The smallest absolute Gasteiger partial charge is 0.166 e. The van der Waals surface area contributed by atoms with E-state index >= 15 is 0 Å². The van der Waals surface area contributed by atoms with Gasteiger partial charge in [0, 0.05) is 5.02 Å². The van der Waals surface area contributed by atoms with Crippen molar-refractivity contribution in [1.29, 1.82) is 0 Å². The fourth-order valence-electron chi connectivity index (χ4n) is 2.17. The maximum atomic E-state index is 9.65. The Bertz CT molecular complexity index is 794. The quantitative estimate of drug-likeness (QED) is 0.684. The van der Waals surface area contributed by atoms with Gasteiger partial charge in [-0.2, -0.15) is 0 Å². The van der Waals surface area contributed by atoms with E-state index in [1.165, 1.54) is 6.33 Å². The lowest BCUT2D eigenvalue weighted by Gasteiger charge is -2.18. The number of nitrogens with two attached hydrogens (primary N) is 1. The number of pyridine rings is 1. The predicted molar refractivity (Wildman–Crippen MR) is 86.6 cm³/mol. The lowest BCUT2D eigenvalue weighted by Crippen LogP contribution is -2.16. The first-order valence-electron chi connectivity index (χ1n) is 6.67. The highest BCUT2D eigenvalue weighted by molar-refractivity contribution is 6.30. The lowest BCUT2D eigenvalue weighted by molar-refractivity contribution is 0.276. The van der Waals surface area contributed by atoms with E-state index in [2.05, 4.69) is 20.3 Å². The fourth-order valence-corrected chi connectivity index (χ4v) is 2.29. The molecule has 2 heterocycles. The number of hydrogen-bond donors (Lipinski definition) is 3. The molecule has 0 spiro atoms. The molecular weight excluding hydrogens is 302 g/mol. The maximum absolute atomic E-state index is 9.65. The van der Waals surface area contributed by atoms with Gasteiger partial charge in [0.1, 0.15) is 18.0 Å². The van der Waals surface area contributed by atoms with Gasteiger partial charge in [0.25, 0.3) is 0 Å². The Balaban J connectivity index is 1.95. The van der Waals surface area contributed by atoms with Gasteiger partial charge in [-0.15, -0.1) is 0 Å². The Kier molecular flexibility index (Phi) is 4.04. The van der Waals surface area contributed by atoms with Crippen LogP contribution in [0.2, 0.25) is 5.02 Å². The van der Waals surface area contributed by atoms with Gasteiger partial charge in [0.2, 0.25) is 0 Å². The molecule has 7 heteroatoms. The van der Waals surface area contributed by atoms with Crippen molar-refractivity contribution in [3.8, 4) is 0 Å². The minimum atomic E-state index is -0.312. The van der Waals surface area contributed by atoms with Crippen LogP contribution in [-0.2, 0) is 0 Å². The number of anilines is 2. The SMILES string of the molecule is Nc1ccc2c(NC(CO)c3ccc(Cl)cc3)ncnc2n1. The zero-order valence-corrected chi connectivity index (χ0v) is 12.3. The van der Waals surface area contributed by atoms with Crippen molar-refractivity contribution in [2.45, 2.75) is 6.04 Å². The molecule has 0 fully saturated rings. The van der Waals surface area contributed by atoms with E-state index in [0.717, 1.165) is 10.9 Å². The molecule has 3 rings (SSSR count). The summed E-state index contributed by atoms with van der Waals surface area (Å²) in [6.45, 7) is -0.0878. The van der Waals surface area contributed by atoms with Crippen molar-refractivity contribution in [3.63, 3.8) is 0 Å². The molecule has 1 unspecified atom stereocenters. The predicted octanol–water partition coefficient (Wildman–Crippen LogP) is 2.41. The Morgan fingerprint density at radius 3 is 2.64 bits per heavy atom. The third-order valence-electron chi connectivity index (χ3n) is 3.28. The molecule has 0 radical (unpaired) electrons. The van der Waals surface area contributed by atoms with Crippen LogP contribution >= 0.6 is 11.6 Å². The first-order valence-corrected chi connectivity index (χ1v) is 7.05. The second-order valence-corrected chi connectivity index (χ2v) is 5.20. The first kappa shape index (κ1) is 14.5. The van der Waals surface area contributed by atoms with Gasteiger partial charge >= 0.3 is 0 Å². The second-order valence-electron chi connectivity index (χ2n) is 4.76. The zero-order valence-electron chi connectivity index (χ0n) is 11.6. The molecule has 3 aromatic rings. The van der Waals surface area contributed by atoms with Gasteiger partial charge in [-0.1, -0.05) is 23.7 Å². The van der Waals surface area contributed by atoms with Crippen molar-refractivity contribution >= 4 is 34.3 Å². The summed E-state index contributed by atoms with van der Waals surface area (Å²) in [6, 6.07) is 10.5. The van der Waals surface area contributed by atoms with Crippen molar-refractivity contribution in [2.24, 2.45) is 0 Å². The minimum Gasteiger partial charge on any atom is -0.394 e. The standard InChI is InChI=1S/C15H14ClN5O/c16-10-3-1-9(2-4-10)12(7-22)20-14-11-5-6-13(17)21-15(11)19-8-18-14/h1-6,8,12,22H,7H2,(H3,17,18,19,20,21). The molecule has 0 aliphatic heterocycles. The minimum absolute atomic E-state index is 0.0878. The maximum Gasteiger partial charge on any atom is 0.166 e. The highest BCUT2D eigenvalue weighted by atomic mass is 35.5. The Morgan fingerprint density at radius 1 is 1.14 bits per heavy atom. The number of hydrogen-bond acceptors (Lipinski definition) is 6. The summed E-state index contributed by atoms with van der Waals surface area (Å²) in [5.41, 5.74) is 7.07. The monoisotopic (exact) mass is 315 g/mol. The highest BCUT2D eigenvalue weighted by Crippen LogP contribution is 2.24. The third-order valence-corrected chi connectivity index (χ3v) is 3.54. The normalized spacial score (nSPS) is 12.3. The van der Waals surface area contributed by atoms with Gasteiger partial charge in [0.05, 0.1) is 18.0 Å². The summed E-state index contributed by atoms with van der Waals surface area (Å²) < 4.78 is 0. The molecule has 6 nitrogen and oxygen atoms in total. The number of fused-ring (bicyclic) bond motifs is 1. The van der Waals surface area contributed by atoms with Crippen LogP contribution in [0.15, 0.2) is 42.7 Å². The number of halogens is 1. The van der Waals surface area contributed by atoms with E-state index in [9.17, 15) is 5.11 Å². The van der Waals surface area contributed by atoms with E-state index in [1.54, 1.807) is 24.3 Å². The molecule has 0 aliphatic carbocycles. The van der Waals surface area contributed by atoms with Crippen LogP contribution in [0.25, 0.3) is 11.0 Å². The van der Waals surface area contributed by atoms with Gasteiger partial charge < -0.3 is 16.2 Å². The van der Waals surface area contributed by atoms with Crippen LogP contribution in [0.5, 0.6) is 0 Å². The molecule has 0 aliphatic rings. The molecule has 0 bridgehead atoms. The van der Waals surface area contributed by atoms with Gasteiger partial charge in [-0.05, 0) is 29.8 Å². The topological polar surface area (TPSA) is 97.0 Å². The van der Waals surface area contributed by atoms with E-state index in [4.69, 9.17) is 17.3 Å². The highest BCUT2D eigenvalue weighted by Gasteiger charge is 2.13. The van der Waals surface area contributed by atoms with E-state index in [-0.39, 0.29) is 12.6 Å². The molecule has 1 atom stereocenters. The molecule has 0 amide bonds. The summed E-state index contributed by atoms with van der Waals surface area (Å²) in [6.07, 6.45) is 1.41. The second kappa shape index (κ2) is 6.13. The summed E-state index contributed by atoms with van der Waals surface area (Å²) in [5, 5.41) is 14.2. The number of nitrogen functional groups attached to an aromatic ring is 1.